The van der Waals surface area contributed by atoms with E-state index >= 15 is 0 Å². The van der Waals surface area contributed by atoms with Gasteiger partial charge in [0.2, 0.25) is 5.91 Å². The predicted octanol–water partition coefficient (Wildman–Crippen LogP) is 3.63. The van der Waals surface area contributed by atoms with Gasteiger partial charge < -0.3 is 18.6 Å². The molecule has 2 aromatic rings. The molecule has 0 radical (unpaired) electrons. The number of benzene rings is 2. The molecule has 2 aromatic carbocycles. The minimum absolute atomic E-state index is 0.0349. The second kappa shape index (κ2) is 10.2. The standard InChI is InChI=1S/C23H29NO6S/c1-17(2)23(25)24(16-21-8-5-13-29-21)15-18-6-4-7-20(14-18)30-31(26,27)22-11-9-19(28-3)10-12-22/h4,6-7,9-12,14,17,21H,5,8,13,15-16H2,1-3H3/t21-/m0/s1. The molecule has 0 bridgehead atoms. The number of carbonyl (C=O) groups excluding carboxylic acids is 1. The van der Waals surface area contributed by atoms with Crippen LogP contribution in [0, 0.1) is 5.92 Å². The van der Waals surface area contributed by atoms with E-state index in [1.54, 1.807) is 35.2 Å². The Balaban J connectivity index is 1.74. The SMILES string of the molecule is COc1ccc(S(=O)(=O)Oc2cccc(CN(C[C@@H]3CCCO3)C(=O)C(C)C)c2)cc1. The molecule has 7 nitrogen and oxygen atoms in total. The Morgan fingerprint density at radius 1 is 1.16 bits per heavy atom. The minimum atomic E-state index is -3.99. The maximum absolute atomic E-state index is 12.7. The molecule has 31 heavy (non-hydrogen) atoms. The molecule has 0 saturated carbocycles. The lowest BCUT2D eigenvalue weighted by molar-refractivity contribution is -0.136. The van der Waals surface area contributed by atoms with Gasteiger partial charge in [-0.2, -0.15) is 8.42 Å². The largest absolute Gasteiger partial charge is 0.497 e. The molecule has 1 atom stereocenters. The van der Waals surface area contributed by atoms with Gasteiger partial charge in [-0.05, 0) is 54.8 Å². The van der Waals surface area contributed by atoms with Crippen LogP contribution in [0.25, 0.3) is 0 Å². The quantitative estimate of drug-likeness (QED) is 0.546. The molecule has 1 saturated heterocycles. The van der Waals surface area contributed by atoms with E-state index in [0.717, 1.165) is 25.0 Å². The average Bonchev–Trinajstić information content (AvgIpc) is 3.26. The van der Waals surface area contributed by atoms with Crippen LogP contribution in [-0.4, -0.2) is 45.6 Å². The summed E-state index contributed by atoms with van der Waals surface area (Å²) < 4.78 is 41.3. The molecule has 3 rings (SSSR count). The zero-order valence-corrected chi connectivity index (χ0v) is 18.9. The van der Waals surface area contributed by atoms with Crippen LogP contribution in [0.3, 0.4) is 0 Å². The number of hydrogen-bond donors (Lipinski definition) is 0. The molecule has 0 N–H and O–H groups in total. The summed E-state index contributed by atoms with van der Waals surface area (Å²) in [5.74, 6) is 0.647. The highest BCUT2D eigenvalue weighted by molar-refractivity contribution is 7.87. The highest BCUT2D eigenvalue weighted by atomic mass is 32.2. The van der Waals surface area contributed by atoms with E-state index in [-0.39, 0.29) is 28.6 Å². The van der Waals surface area contributed by atoms with Gasteiger partial charge in [0.25, 0.3) is 0 Å². The van der Waals surface area contributed by atoms with Crippen LogP contribution in [0.4, 0.5) is 0 Å². The Kier molecular flexibility index (Phi) is 7.56. The second-order valence-corrected chi connectivity index (χ2v) is 9.42. The maximum Gasteiger partial charge on any atom is 0.339 e. The number of methoxy groups -OCH3 is 1. The predicted molar refractivity (Wildman–Crippen MR) is 116 cm³/mol. The van der Waals surface area contributed by atoms with Gasteiger partial charge >= 0.3 is 10.1 Å². The highest BCUT2D eigenvalue weighted by Crippen LogP contribution is 2.23. The van der Waals surface area contributed by atoms with Crippen molar-refractivity contribution in [2.45, 2.75) is 44.2 Å². The minimum Gasteiger partial charge on any atom is -0.497 e. The third kappa shape index (κ3) is 6.21. The first-order valence-electron chi connectivity index (χ1n) is 10.4. The number of ether oxygens (including phenoxy) is 2. The van der Waals surface area contributed by atoms with Crippen molar-refractivity contribution in [3.8, 4) is 11.5 Å². The van der Waals surface area contributed by atoms with Crippen LogP contribution in [0.2, 0.25) is 0 Å². The summed E-state index contributed by atoms with van der Waals surface area (Å²) in [5, 5.41) is 0. The van der Waals surface area contributed by atoms with Gasteiger partial charge in [0.1, 0.15) is 16.4 Å². The van der Waals surface area contributed by atoms with Crippen molar-refractivity contribution in [1.29, 1.82) is 0 Å². The molecule has 0 spiro atoms. The molecule has 1 amide bonds. The van der Waals surface area contributed by atoms with Gasteiger partial charge in [0.05, 0.1) is 13.2 Å². The molecular weight excluding hydrogens is 418 g/mol. The summed E-state index contributed by atoms with van der Waals surface area (Å²) in [6.45, 7) is 5.33. The summed E-state index contributed by atoms with van der Waals surface area (Å²) in [4.78, 5) is 14.5. The van der Waals surface area contributed by atoms with E-state index in [4.69, 9.17) is 13.7 Å². The summed E-state index contributed by atoms with van der Waals surface area (Å²) in [6.07, 6.45) is 1.98. The first kappa shape index (κ1) is 23.1. The zero-order chi connectivity index (χ0) is 22.4. The topological polar surface area (TPSA) is 82.1 Å². The normalized spacial score (nSPS) is 16.3. The summed E-state index contributed by atoms with van der Waals surface area (Å²) in [6, 6.07) is 12.8. The molecule has 0 unspecified atom stereocenters. The second-order valence-electron chi connectivity index (χ2n) is 7.87. The first-order valence-corrected chi connectivity index (χ1v) is 11.8. The molecule has 1 aliphatic rings. The highest BCUT2D eigenvalue weighted by Gasteiger charge is 2.24. The van der Waals surface area contributed by atoms with Gasteiger partial charge in [-0.15, -0.1) is 0 Å². The van der Waals surface area contributed by atoms with Gasteiger partial charge in [-0.25, -0.2) is 0 Å². The van der Waals surface area contributed by atoms with Gasteiger partial charge in [-0.3, -0.25) is 4.79 Å². The van der Waals surface area contributed by atoms with Crippen molar-refractivity contribution >= 4 is 16.0 Å². The van der Waals surface area contributed by atoms with E-state index in [2.05, 4.69) is 0 Å². The van der Waals surface area contributed by atoms with Crippen LogP contribution < -0.4 is 8.92 Å². The molecule has 1 fully saturated rings. The molecule has 8 heteroatoms. The van der Waals surface area contributed by atoms with E-state index < -0.39 is 10.1 Å². The fraction of sp³-hybridized carbons (Fsp3) is 0.435. The lowest BCUT2D eigenvalue weighted by atomic mass is 10.1. The number of rotatable bonds is 9. The monoisotopic (exact) mass is 447 g/mol. The van der Waals surface area contributed by atoms with Crippen molar-refractivity contribution in [1.82, 2.24) is 4.90 Å². The van der Waals surface area contributed by atoms with Gasteiger partial charge in [0.15, 0.2) is 0 Å². The van der Waals surface area contributed by atoms with E-state index in [1.165, 1.54) is 19.2 Å². The van der Waals surface area contributed by atoms with Crippen LogP contribution in [0.1, 0.15) is 32.3 Å². The van der Waals surface area contributed by atoms with Crippen molar-refractivity contribution in [2.75, 3.05) is 20.3 Å². The lowest BCUT2D eigenvalue weighted by Gasteiger charge is -2.27. The number of carbonyl (C=O) groups is 1. The lowest BCUT2D eigenvalue weighted by Crippen LogP contribution is -2.39. The Hall–Kier alpha value is -2.58. The number of hydrogen-bond acceptors (Lipinski definition) is 6. The molecule has 0 aromatic heterocycles. The van der Waals surface area contributed by atoms with Crippen molar-refractivity contribution < 1.29 is 26.9 Å². The van der Waals surface area contributed by atoms with Crippen LogP contribution in [0.15, 0.2) is 53.4 Å². The summed E-state index contributed by atoms with van der Waals surface area (Å²) in [7, 11) is -2.48. The number of nitrogens with zero attached hydrogens (tertiary/aromatic N) is 1. The third-order valence-corrected chi connectivity index (χ3v) is 6.34. The van der Waals surface area contributed by atoms with Crippen molar-refractivity contribution in [3.05, 3.63) is 54.1 Å². The molecule has 1 heterocycles. The Bertz CT molecular complexity index is 981. The summed E-state index contributed by atoms with van der Waals surface area (Å²) >= 11 is 0. The third-order valence-electron chi connectivity index (χ3n) is 5.08. The average molecular weight is 448 g/mol. The zero-order valence-electron chi connectivity index (χ0n) is 18.1. The maximum atomic E-state index is 12.7. The van der Waals surface area contributed by atoms with Crippen LogP contribution in [-0.2, 0) is 26.2 Å². The van der Waals surface area contributed by atoms with Crippen molar-refractivity contribution in [3.63, 3.8) is 0 Å². The first-order chi connectivity index (χ1) is 14.8. The van der Waals surface area contributed by atoms with Gasteiger partial charge in [0, 0.05) is 25.6 Å². The van der Waals surface area contributed by atoms with E-state index in [0.29, 0.717) is 18.8 Å². The smallest absolute Gasteiger partial charge is 0.339 e. The molecule has 1 aliphatic heterocycles. The van der Waals surface area contributed by atoms with Crippen LogP contribution >= 0.6 is 0 Å². The van der Waals surface area contributed by atoms with Crippen LogP contribution in [0.5, 0.6) is 11.5 Å². The molecular formula is C23H29NO6S. The Morgan fingerprint density at radius 2 is 1.90 bits per heavy atom. The Labute approximate surface area is 184 Å². The number of amides is 1. The molecule has 168 valence electrons. The van der Waals surface area contributed by atoms with E-state index in [9.17, 15) is 13.2 Å². The fourth-order valence-corrected chi connectivity index (χ4v) is 4.39. The Morgan fingerprint density at radius 3 is 2.52 bits per heavy atom. The summed E-state index contributed by atoms with van der Waals surface area (Å²) in [5.41, 5.74) is 0.787. The van der Waals surface area contributed by atoms with Crippen molar-refractivity contribution in [2.24, 2.45) is 5.92 Å². The molecule has 0 aliphatic carbocycles. The van der Waals surface area contributed by atoms with Gasteiger partial charge in [-0.1, -0.05) is 26.0 Å². The van der Waals surface area contributed by atoms with E-state index in [1.807, 2.05) is 19.9 Å². The fourth-order valence-electron chi connectivity index (χ4n) is 3.46.